The highest BCUT2D eigenvalue weighted by molar-refractivity contribution is 7.99. The molecule has 3 rings (SSSR count). The molecular formula is C19H20F3N3O3S. The van der Waals surface area contributed by atoms with Crippen molar-refractivity contribution in [3.8, 4) is 0 Å². The zero-order chi connectivity index (χ0) is 20.9. The number of carbonyl (C=O) groups is 2. The number of thioether (sulfide) groups is 1. The summed E-state index contributed by atoms with van der Waals surface area (Å²) in [4.78, 5) is 26.5. The molecule has 2 aromatic rings. The second kappa shape index (κ2) is 9.36. The van der Waals surface area contributed by atoms with E-state index in [9.17, 15) is 22.8 Å². The molecule has 1 aromatic carbocycles. The van der Waals surface area contributed by atoms with Gasteiger partial charge in [-0.2, -0.15) is 24.9 Å². The molecule has 0 unspecified atom stereocenters. The fourth-order valence-corrected chi connectivity index (χ4v) is 3.94. The molecule has 0 saturated carbocycles. The average molecular weight is 427 g/mol. The molecule has 0 aliphatic carbocycles. The van der Waals surface area contributed by atoms with Gasteiger partial charge in [-0.05, 0) is 30.3 Å². The van der Waals surface area contributed by atoms with Crippen LogP contribution in [0.2, 0.25) is 0 Å². The first-order valence-electron chi connectivity index (χ1n) is 8.96. The molecule has 2 N–H and O–H groups in total. The van der Waals surface area contributed by atoms with Crippen molar-refractivity contribution < 1.29 is 27.2 Å². The van der Waals surface area contributed by atoms with Gasteiger partial charge in [-0.3, -0.25) is 14.5 Å². The summed E-state index contributed by atoms with van der Waals surface area (Å²) in [6.07, 6.45) is -2.99. The maximum absolute atomic E-state index is 12.8. The van der Waals surface area contributed by atoms with Crippen molar-refractivity contribution in [1.82, 2.24) is 10.2 Å². The zero-order valence-electron chi connectivity index (χ0n) is 15.4. The number of furan rings is 1. The Morgan fingerprint density at radius 1 is 1.14 bits per heavy atom. The van der Waals surface area contributed by atoms with Gasteiger partial charge in [0, 0.05) is 36.8 Å². The molecule has 1 aromatic heterocycles. The number of amides is 2. The summed E-state index contributed by atoms with van der Waals surface area (Å²) >= 11 is 1.84. The third-order valence-corrected chi connectivity index (χ3v) is 5.41. The Hall–Kier alpha value is -2.46. The molecule has 1 aliphatic rings. The molecule has 1 aliphatic heterocycles. The predicted molar refractivity (Wildman–Crippen MR) is 103 cm³/mol. The van der Waals surface area contributed by atoms with E-state index in [2.05, 4.69) is 15.5 Å². The smallest absolute Gasteiger partial charge is 0.416 e. The highest BCUT2D eigenvalue weighted by atomic mass is 32.2. The molecule has 2 amide bonds. The van der Waals surface area contributed by atoms with Crippen LogP contribution in [-0.2, 0) is 15.8 Å². The number of anilines is 1. The van der Waals surface area contributed by atoms with Crippen molar-refractivity contribution in [2.24, 2.45) is 0 Å². The number of halogens is 3. The maximum Gasteiger partial charge on any atom is 0.416 e. The van der Waals surface area contributed by atoms with Gasteiger partial charge < -0.3 is 15.1 Å². The van der Waals surface area contributed by atoms with Crippen LogP contribution >= 0.6 is 11.8 Å². The molecule has 6 nitrogen and oxygen atoms in total. The lowest BCUT2D eigenvalue weighted by Gasteiger charge is -2.33. The summed E-state index contributed by atoms with van der Waals surface area (Å²) in [6, 6.07) is 7.46. The minimum absolute atomic E-state index is 0.101. The van der Waals surface area contributed by atoms with Crippen LogP contribution in [0.15, 0.2) is 47.1 Å². The van der Waals surface area contributed by atoms with Crippen LogP contribution in [0.1, 0.15) is 17.4 Å². The summed E-state index contributed by atoms with van der Waals surface area (Å²) in [6.45, 7) is 1.79. The zero-order valence-corrected chi connectivity index (χ0v) is 16.2. The van der Waals surface area contributed by atoms with E-state index in [-0.39, 0.29) is 18.3 Å². The number of nitrogens with one attached hydrogen (secondary N) is 2. The van der Waals surface area contributed by atoms with Gasteiger partial charge in [-0.25, -0.2) is 0 Å². The Balaban J connectivity index is 1.60. The molecule has 1 fully saturated rings. The highest BCUT2D eigenvalue weighted by Crippen LogP contribution is 2.30. The summed E-state index contributed by atoms with van der Waals surface area (Å²) in [5, 5.41) is 4.75. The fourth-order valence-electron chi connectivity index (χ4n) is 3.01. The van der Waals surface area contributed by atoms with Crippen molar-refractivity contribution in [3.63, 3.8) is 0 Å². The normalized spacial score (nSPS) is 16.2. The number of benzene rings is 1. The van der Waals surface area contributed by atoms with E-state index in [0.29, 0.717) is 5.76 Å². The summed E-state index contributed by atoms with van der Waals surface area (Å²) in [5.41, 5.74) is -1.01. The monoisotopic (exact) mass is 427 g/mol. The van der Waals surface area contributed by atoms with E-state index >= 15 is 0 Å². The second-order valence-corrected chi connectivity index (χ2v) is 7.65. The summed E-state index contributed by atoms with van der Waals surface area (Å²) in [7, 11) is 0. The SMILES string of the molecule is O=C(NC[C@@H](c1ccco1)N1CCSCC1)C(=O)Nc1cccc(C(F)(F)F)c1. The molecular weight excluding hydrogens is 407 g/mol. The molecule has 29 heavy (non-hydrogen) atoms. The molecule has 156 valence electrons. The lowest BCUT2D eigenvalue weighted by molar-refractivity contribution is -0.137. The van der Waals surface area contributed by atoms with Crippen LogP contribution in [-0.4, -0.2) is 47.9 Å². The third-order valence-electron chi connectivity index (χ3n) is 4.47. The number of hydrogen-bond donors (Lipinski definition) is 2. The van der Waals surface area contributed by atoms with Crippen molar-refractivity contribution in [2.45, 2.75) is 12.2 Å². The largest absolute Gasteiger partial charge is 0.468 e. The van der Waals surface area contributed by atoms with Gasteiger partial charge in [0.2, 0.25) is 0 Å². The standard InChI is InChI=1S/C19H20F3N3O3S/c20-19(21,22)13-3-1-4-14(11-13)24-18(27)17(26)23-12-15(16-5-2-8-28-16)25-6-9-29-10-7-25/h1-5,8,11,15H,6-7,9-10,12H2,(H,23,26)(H,24,27)/t15-/m0/s1. The van der Waals surface area contributed by atoms with Crippen LogP contribution in [0, 0.1) is 0 Å². The molecule has 0 radical (unpaired) electrons. The topological polar surface area (TPSA) is 74.6 Å². The van der Waals surface area contributed by atoms with Gasteiger partial charge in [0.15, 0.2) is 0 Å². The fraction of sp³-hybridized carbons (Fsp3) is 0.368. The van der Waals surface area contributed by atoms with E-state index in [0.717, 1.165) is 42.8 Å². The maximum atomic E-state index is 12.8. The van der Waals surface area contributed by atoms with E-state index in [1.807, 2.05) is 11.8 Å². The molecule has 2 heterocycles. The van der Waals surface area contributed by atoms with Gasteiger partial charge in [0.1, 0.15) is 5.76 Å². The van der Waals surface area contributed by atoms with Crippen LogP contribution < -0.4 is 10.6 Å². The predicted octanol–water partition coefficient (Wildman–Crippen LogP) is 3.14. The highest BCUT2D eigenvalue weighted by Gasteiger charge is 2.31. The van der Waals surface area contributed by atoms with Crippen molar-refractivity contribution in [1.29, 1.82) is 0 Å². The first-order valence-corrected chi connectivity index (χ1v) is 10.1. The molecule has 1 saturated heterocycles. The van der Waals surface area contributed by atoms with Gasteiger partial charge >= 0.3 is 18.0 Å². The van der Waals surface area contributed by atoms with Crippen molar-refractivity contribution >= 4 is 29.3 Å². The quantitative estimate of drug-likeness (QED) is 0.718. The van der Waals surface area contributed by atoms with Gasteiger partial charge in [0.05, 0.1) is 17.9 Å². The molecule has 0 bridgehead atoms. The van der Waals surface area contributed by atoms with Gasteiger partial charge in [-0.15, -0.1) is 0 Å². The Morgan fingerprint density at radius 2 is 1.90 bits per heavy atom. The Bertz CT molecular complexity index is 837. The number of hydrogen-bond acceptors (Lipinski definition) is 5. The number of nitrogens with zero attached hydrogens (tertiary/aromatic N) is 1. The van der Waals surface area contributed by atoms with E-state index in [4.69, 9.17) is 4.42 Å². The number of carbonyl (C=O) groups excluding carboxylic acids is 2. The van der Waals surface area contributed by atoms with E-state index < -0.39 is 23.6 Å². The minimum atomic E-state index is -4.54. The first kappa shape index (κ1) is 21.3. The Morgan fingerprint density at radius 3 is 2.55 bits per heavy atom. The number of alkyl halides is 3. The minimum Gasteiger partial charge on any atom is -0.468 e. The van der Waals surface area contributed by atoms with Crippen molar-refractivity contribution in [3.05, 3.63) is 54.0 Å². The van der Waals surface area contributed by atoms with Gasteiger partial charge in [-0.1, -0.05) is 6.07 Å². The Labute approximate surface area is 169 Å². The van der Waals surface area contributed by atoms with Crippen molar-refractivity contribution in [2.75, 3.05) is 36.5 Å². The van der Waals surface area contributed by atoms with Crippen LogP contribution in [0.3, 0.4) is 0 Å². The van der Waals surface area contributed by atoms with Gasteiger partial charge in [0.25, 0.3) is 0 Å². The molecule has 1 atom stereocenters. The third kappa shape index (κ3) is 5.77. The summed E-state index contributed by atoms with van der Waals surface area (Å²) < 4.78 is 43.8. The van der Waals surface area contributed by atoms with Crippen LogP contribution in [0.4, 0.5) is 18.9 Å². The van der Waals surface area contributed by atoms with E-state index in [1.54, 1.807) is 18.4 Å². The number of rotatable bonds is 5. The Kier molecular flexibility index (Phi) is 6.86. The molecule has 10 heteroatoms. The second-order valence-electron chi connectivity index (χ2n) is 6.42. The average Bonchev–Trinajstić information content (AvgIpc) is 3.23. The lowest BCUT2D eigenvalue weighted by Crippen LogP contribution is -2.44. The first-order chi connectivity index (χ1) is 13.8. The summed E-state index contributed by atoms with van der Waals surface area (Å²) in [5.74, 6) is 0.639. The van der Waals surface area contributed by atoms with Crippen LogP contribution in [0.25, 0.3) is 0 Å². The lowest BCUT2D eigenvalue weighted by atomic mass is 10.1. The van der Waals surface area contributed by atoms with E-state index in [1.165, 1.54) is 6.07 Å². The molecule has 0 spiro atoms. The van der Waals surface area contributed by atoms with Crippen LogP contribution in [0.5, 0.6) is 0 Å².